The molecule has 8 heteroatoms. The molecule has 0 amide bonds. The second-order valence-corrected chi connectivity index (χ2v) is 11.2. The predicted octanol–water partition coefficient (Wildman–Crippen LogP) is 5.83. The Balaban J connectivity index is 1.50. The van der Waals surface area contributed by atoms with Crippen LogP contribution in [0.4, 0.5) is 0 Å². The molecule has 0 atom stereocenters. The number of nitrogens with zero attached hydrogens (tertiary/aromatic N) is 1. The largest absolute Gasteiger partial charge is 0.308 e. The smallest absolute Gasteiger partial charge is 0.294 e. The topological polar surface area (TPSA) is 68.2 Å². The number of benzene rings is 4. The molecule has 0 radical (unpaired) electrons. The molecule has 35 heavy (non-hydrogen) atoms. The van der Waals surface area contributed by atoms with Gasteiger partial charge in [0.2, 0.25) is 10.0 Å². The maximum absolute atomic E-state index is 13.5. The van der Waals surface area contributed by atoms with Gasteiger partial charge in [-0.3, -0.25) is 9.36 Å². The van der Waals surface area contributed by atoms with Gasteiger partial charge in [-0.15, -0.1) is 0 Å². The molecule has 4 aromatic carbocycles. The number of halogens is 1. The van der Waals surface area contributed by atoms with Crippen molar-refractivity contribution in [2.24, 2.45) is 0 Å². The quantitative estimate of drug-likeness (QED) is 0.293. The van der Waals surface area contributed by atoms with Crippen LogP contribution in [0.15, 0.2) is 113 Å². The molecule has 0 saturated heterocycles. The molecule has 0 spiro atoms. The van der Waals surface area contributed by atoms with Gasteiger partial charge >= 0.3 is 4.87 Å². The Kier molecular flexibility index (Phi) is 6.58. The highest BCUT2D eigenvalue weighted by Crippen LogP contribution is 2.27. The van der Waals surface area contributed by atoms with E-state index in [1.165, 1.54) is 6.07 Å². The number of hydrogen-bond donors (Lipinski definition) is 1. The van der Waals surface area contributed by atoms with E-state index in [-0.39, 0.29) is 9.77 Å². The monoisotopic (exact) mass is 520 g/mol. The zero-order valence-electron chi connectivity index (χ0n) is 18.5. The predicted molar refractivity (Wildman–Crippen MR) is 142 cm³/mol. The minimum atomic E-state index is -3.89. The summed E-state index contributed by atoms with van der Waals surface area (Å²) < 4.78 is 32.0. The standard InChI is InChI=1S/C27H21ClN2O3S2/c28-23-14-8-7-13-21(23)18-30-24-16-15-22(17-25(24)34-27(30)31)35(32,33)29-26(19-9-3-1-4-10-19)20-11-5-2-6-12-20/h1-17,26,29H,18H2. The van der Waals surface area contributed by atoms with Crippen molar-refractivity contribution < 1.29 is 8.42 Å². The summed E-state index contributed by atoms with van der Waals surface area (Å²) in [5.41, 5.74) is 3.15. The third-order valence-electron chi connectivity index (χ3n) is 5.78. The Bertz CT molecular complexity index is 1610. The summed E-state index contributed by atoms with van der Waals surface area (Å²) in [7, 11) is -3.89. The molecular formula is C27H21ClN2O3S2. The third kappa shape index (κ3) is 4.94. The molecule has 5 rings (SSSR count). The Labute approximate surface area is 212 Å². The second-order valence-electron chi connectivity index (χ2n) is 8.05. The van der Waals surface area contributed by atoms with Crippen molar-refractivity contribution >= 4 is 43.2 Å². The fourth-order valence-electron chi connectivity index (χ4n) is 4.00. The number of rotatable bonds is 7. The number of aromatic nitrogens is 1. The molecule has 1 heterocycles. The molecule has 0 fully saturated rings. The van der Waals surface area contributed by atoms with Crippen molar-refractivity contribution in [1.29, 1.82) is 0 Å². The number of nitrogens with one attached hydrogen (secondary N) is 1. The molecule has 0 aliphatic carbocycles. The van der Waals surface area contributed by atoms with Crippen molar-refractivity contribution in [3.63, 3.8) is 0 Å². The van der Waals surface area contributed by atoms with Gasteiger partial charge in [0.1, 0.15) is 0 Å². The van der Waals surface area contributed by atoms with Crippen LogP contribution in [-0.4, -0.2) is 13.0 Å². The van der Waals surface area contributed by atoms with Crippen LogP contribution in [0, 0.1) is 0 Å². The van der Waals surface area contributed by atoms with Gasteiger partial charge in [0.15, 0.2) is 0 Å². The first-order chi connectivity index (χ1) is 16.9. The maximum atomic E-state index is 13.5. The van der Waals surface area contributed by atoms with E-state index >= 15 is 0 Å². The van der Waals surface area contributed by atoms with E-state index in [1.807, 2.05) is 78.9 Å². The summed E-state index contributed by atoms with van der Waals surface area (Å²) in [4.78, 5) is 12.7. The first kappa shape index (κ1) is 23.5. The Morgan fingerprint density at radius 3 is 2.06 bits per heavy atom. The molecule has 176 valence electrons. The van der Waals surface area contributed by atoms with Gasteiger partial charge in [-0.1, -0.05) is 102 Å². The van der Waals surface area contributed by atoms with Gasteiger partial charge < -0.3 is 0 Å². The zero-order chi connectivity index (χ0) is 24.4. The summed E-state index contributed by atoms with van der Waals surface area (Å²) in [5.74, 6) is 0. The molecule has 0 aliphatic heterocycles. The van der Waals surface area contributed by atoms with Crippen molar-refractivity contribution in [1.82, 2.24) is 9.29 Å². The van der Waals surface area contributed by atoms with Crippen LogP contribution in [0.25, 0.3) is 10.2 Å². The van der Waals surface area contributed by atoms with Crippen molar-refractivity contribution in [2.75, 3.05) is 0 Å². The van der Waals surface area contributed by atoms with Gasteiger partial charge in [0, 0.05) is 5.02 Å². The van der Waals surface area contributed by atoms with Crippen molar-refractivity contribution in [3.8, 4) is 0 Å². The molecule has 0 saturated carbocycles. The highest BCUT2D eigenvalue weighted by atomic mass is 35.5. The average molecular weight is 521 g/mol. The summed E-state index contributed by atoms with van der Waals surface area (Å²) in [6.45, 7) is 0.312. The number of thiazole rings is 1. The first-order valence-corrected chi connectivity index (χ1v) is 13.6. The van der Waals surface area contributed by atoms with Crippen molar-refractivity contribution in [2.45, 2.75) is 17.5 Å². The van der Waals surface area contributed by atoms with Gasteiger partial charge in [-0.05, 0) is 41.0 Å². The average Bonchev–Trinajstić information content (AvgIpc) is 3.19. The molecule has 5 nitrogen and oxygen atoms in total. The highest BCUT2D eigenvalue weighted by Gasteiger charge is 2.24. The van der Waals surface area contributed by atoms with E-state index in [0.29, 0.717) is 21.8 Å². The zero-order valence-corrected chi connectivity index (χ0v) is 20.9. The Morgan fingerprint density at radius 2 is 1.43 bits per heavy atom. The molecule has 1 N–H and O–H groups in total. The van der Waals surface area contributed by atoms with Crippen LogP contribution < -0.4 is 9.60 Å². The third-order valence-corrected chi connectivity index (χ3v) is 8.51. The number of sulfonamides is 1. The maximum Gasteiger partial charge on any atom is 0.308 e. The molecule has 0 aliphatic rings. The van der Waals surface area contributed by atoms with Gasteiger partial charge in [0.25, 0.3) is 0 Å². The van der Waals surface area contributed by atoms with Crippen LogP contribution in [0.5, 0.6) is 0 Å². The lowest BCUT2D eigenvalue weighted by Crippen LogP contribution is -2.29. The lowest BCUT2D eigenvalue weighted by molar-refractivity contribution is 0.572. The molecule has 5 aromatic rings. The molecule has 0 unspecified atom stereocenters. The van der Waals surface area contributed by atoms with Crippen LogP contribution in [-0.2, 0) is 16.6 Å². The second kappa shape index (κ2) is 9.79. The lowest BCUT2D eigenvalue weighted by atomic mass is 10.00. The van der Waals surface area contributed by atoms with Crippen LogP contribution >= 0.6 is 22.9 Å². The van der Waals surface area contributed by atoms with Gasteiger partial charge in [-0.2, -0.15) is 4.72 Å². The molecule has 1 aromatic heterocycles. The fraction of sp³-hybridized carbons (Fsp3) is 0.0741. The van der Waals surface area contributed by atoms with Crippen LogP contribution in [0.1, 0.15) is 22.7 Å². The summed E-state index contributed by atoms with van der Waals surface area (Å²) in [6, 6.07) is 30.4. The normalized spacial score (nSPS) is 11.8. The van der Waals surface area contributed by atoms with E-state index < -0.39 is 16.1 Å². The fourth-order valence-corrected chi connectivity index (χ4v) is 6.44. The summed E-state index contributed by atoms with van der Waals surface area (Å²) >= 11 is 7.30. The highest BCUT2D eigenvalue weighted by molar-refractivity contribution is 7.89. The minimum absolute atomic E-state index is 0.105. The number of fused-ring (bicyclic) bond motifs is 1. The van der Waals surface area contributed by atoms with E-state index in [0.717, 1.165) is 28.0 Å². The summed E-state index contributed by atoms with van der Waals surface area (Å²) in [6.07, 6.45) is 0. The van der Waals surface area contributed by atoms with E-state index in [2.05, 4.69) is 4.72 Å². The minimum Gasteiger partial charge on any atom is -0.294 e. The Morgan fingerprint density at radius 1 is 0.829 bits per heavy atom. The molecular weight excluding hydrogens is 500 g/mol. The van der Waals surface area contributed by atoms with E-state index in [1.54, 1.807) is 22.8 Å². The SMILES string of the molecule is O=c1sc2cc(S(=O)(=O)NC(c3ccccc3)c3ccccc3)ccc2n1Cc1ccccc1Cl. The first-order valence-electron chi connectivity index (χ1n) is 10.9. The van der Waals surface area contributed by atoms with Crippen LogP contribution in [0.2, 0.25) is 5.02 Å². The lowest BCUT2D eigenvalue weighted by Gasteiger charge is -2.20. The van der Waals surface area contributed by atoms with E-state index in [4.69, 9.17) is 11.6 Å². The van der Waals surface area contributed by atoms with Crippen molar-refractivity contribution in [3.05, 3.63) is 135 Å². The Hall–Kier alpha value is -3.23. The van der Waals surface area contributed by atoms with Gasteiger partial charge in [-0.25, -0.2) is 8.42 Å². The number of hydrogen-bond acceptors (Lipinski definition) is 4. The van der Waals surface area contributed by atoms with Crippen LogP contribution in [0.3, 0.4) is 0 Å². The van der Waals surface area contributed by atoms with E-state index in [9.17, 15) is 13.2 Å². The summed E-state index contributed by atoms with van der Waals surface area (Å²) in [5, 5.41) is 0.579. The molecule has 0 bridgehead atoms. The van der Waals surface area contributed by atoms with Gasteiger partial charge in [0.05, 0.1) is 27.7 Å².